The van der Waals surface area contributed by atoms with Gasteiger partial charge in [0.2, 0.25) is 0 Å². The molecule has 0 saturated carbocycles. The lowest BCUT2D eigenvalue weighted by molar-refractivity contribution is -0.137. The van der Waals surface area contributed by atoms with Gasteiger partial charge in [0, 0.05) is 17.9 Å². The summed E-state index contributed by atoms with van der Waals surface area (Å²) in [4.78, 5) is 10.1. The van der Waals surface area contributed by atoms with Gasteiger partial charge in [0.25, 0.3) is 0 Å². The molecular weight excluding hydrogens is 192 g/mol. The Morgan fingerprint density at radius 1 is 1.25 bits per heavy atom. The minimum atomic E-state index is -0.679. The van der Waals surface area contributed by atoms with E-state index in [1.165, 1.54) is 12.2 Å². The maximum atomic E-state index is 10.1. The molecule has 1 N–H and O–H groups in total. The first-order valence-electron chi connectivity index (χ1n) is 4.23. The quantitative estimate of drug-likeness (QED) is 0.491. The van der Waals surface area contributed by atoms with Crippen molar-refractivity contribution in [1.29, 1.82) is 0 Å². The molecule has 0 radical (unpaired) electrons. The van der Waals surface area contributed by atoms with E-state index in [9.17, 15) is 4.79 Å². The van der Waals surface area contributed by atoms with Crippen LogP contribution in [0.5, 0.6) is 0 Å². The van der Waals surface area contributed by atoms with Crippen LogP contribution in [-0.4, -0.2) is 22.6 Å². The zero-order valence-electron chi connectivity index (χ0n) is 7.41. The van der Waals surface area contributed by atoms with Gasteiger partial charge in [0.1, 0.15) is 0 Å². The highest BCUT2D eigenvalue weighted by molar-refractivity contribution is 8.76. The molecule has 0 fully saturated rings. The molecule has 0 amide bonds. The third-order valence-electron chi connectivity index (χ3n) is 1.24. The highest BCUT2D eigenvalue weighted by Crippen LogP contribution is 2.23. The Bertz CT molecular complexity index is 118. The van der Waals surface area contributed by atoms with Crippen LogP contribution in [0.3, 0.4) is 0 Å². The van der Waals surface area contributed by atoms with E-state index in [1.54, 1.807) is 0 Å². The van der Waals surface area contributed by atoms with Crippen molar-refractivity contribution in [2.45, 2.75) is 32.6 Å². The summed E-state index contributed by atoms with van der Waals surface area (Å²) in [6.07, 6.45) is 3.37. The molecular formula is C8H16O2S2. The maximum absolute atomic E-state index is 10.1. The first kappa shape index (κ1) is 12.2. The molecule has 0 heterocycles. The number of unbranched alkanes of at least 4 members (excludes halogenated alkanes) is 1. The highest BCUT2D eigenvalue weighted by Gasteiger charge is 1.96. The predicted molar refractivity (Wildman–Crippen MR) is 56.7 cm³/mol. The van der Waals surface area contributed by atoms with Crippen molar-refractivity contribution in [1.82, 2.24) is 0 Å². The van der Waals surface area contributed by atoms with Crippen LogP contribution in [0.25, 0.3) is 0 Å². The summed E-state index contributed by atoms with van der Waals surface area (Å²) in [5.74, 6) is 1.60. The van der Waals surface area contributed by atoms with Crippen LogP contribution >= 0.6 is 21.6 Å². The van der Waals surface area contributed by atoms with Crippen LogP contribution in [0.4, 0.5) is 0 Å². The number of carbonyl (C=O) groups is 1. The largest absolute Gasteiger partial charge is 0.481 e. The topological polar surface area (TPSA) is 37.3 Å². The third kappa shape index (κ3) is 10.2. The van der Waals surface area contributed by atoms with Crippen LogP contribution < -0.4 is 0 Å². The first-order chi connectivity index (χ1) is 5.77. The minimum Gasteiger partial charge on any atom is -0.481 e. The fraction of sp³-hybridized carbons (Fsp3) is 0.875. The van der Waals surface area contributed by atoms with Crippen LogP contribution in [0.15, 0.2) is 0 Å². The Labute approximate surface area is 81.9 Å². The van der Waals surface area contributed by atoms with Crippen molar-refractivity contribution in [2.24, 2.45) is 0 Å². The first-order valence-corrected chi connectivity index (χ1v) is 6.72. The van der Waals surface area contributed by atoms with Crippen molar-refractivity contribution >= 4 is 27.6 Å². The average Bonchev–Trinajstić information content (AvgIpc) is 2.02. The summed E-state index contributed by atoms with van der Waals surface area (Å²) >= 11 is 0. The maximum Gasteiger partial charge on any atom is 0.303 e. The van der Waals surface area contributed by atoms with Gasteiger partial charge in [-0.2, -0.15) is 0 Å². The normalized spacial score (nSPS) is 10.1. The average molecular weight is 208 g/mol. The molecule has 72 valence electrons. The van der Waals surface area contributed by atoms with Gasteiger partial charge in [-0.05, 0) is 19.3 Å². The molecule has 0 aliphatic heterocycles. The molecule has 2 nitrogen and oxygen atoms in total. The summed E-state index contributed by atoms with van der Waals surface area (Å²) in [5, 5.41) is 8.34. The van der Waals surface area contributed by atoms with Crippen LogP contribution in [-0.2, 0) is 4.79 Å². The number of hydrogen-bond donors (Lipinski definition) is 1. The van der Waals surface area contributed by atoms with Gasteiger partial charge in [0.15, 0.2) is 0 Å². The van der Waals surface area contributed by atoms with E-state index >= 15 is 0 Å². The van der Waals surface area contributed by atoms with E-state index in [1.807, 2.05) is 21.6 Å². The van der Waals surface area contributed by atoms with Gasteiger partial charge in [-0.25, -0.2) is 0 Å². The number of aliphatic carboxylic acids is 1. The van der Waals surface area contributed by atoms with Gasteiger partial charge >= 0.3 is 5.97 Å². The molecule has 0 aromatic rings. The second-order valence-corrected chi connectivity index (χ2v) is 5.20. The van der Waals surface area contributed by atoms with Gasteiger partial charge in [0.05, 0.1) is 0 Å². The molecule has 0 aliphatic rings. The molecule has 0 saturated heterocycles. The Morgan fingerprint density at radius 3 is 2.50 bits per heavy atom. The van der Waals surface area contributed by atoms with E-state index in [0.29, 0.717) is 6.42 Å². The monoisotopic (exact) mass is 208 g/mol. The van der Waals surface area contributed by atoms with Crippen LogP contribution in [0.1, 0.15) is 32.6 Å². The van der Waals surface area contributed by atoms with E-state index < -0.39 is 5.97 Å². The lowest BCUT2D eigenvalue weighted by atomic mass is 10.3. The fourth-order valence-corrected chi connectivity index (χ4v) is 2.92. The van der Waals surface area contributed by atoms with Gasteiger partial charge < -0.3 is 5.11 Å². The van der Waals surface area contributed by atoms with Crippen LogP contribution in [0.2, 0.25) is 0 Å². The van der Waals surface area contributed by atoms with Gasteiger partial charge in [-0.3, -0.25) is 4.79 Å². The number of carboxylic acids is 1. The molecule has 0 bridgehead atoms. The lowest BCUT2D eigenvalue weighted by Gasteiger charge is -1.97. The number of rotatable bonds is 8. The van der Waals surface area contributed by atoms with E-state index in [-0.39, 0.29) is 0 Å². The third-order valence-corrected chi connectivity index (χ3v) is 3.94. The second kappa shape index (κ2) is 9.26. The summed E-state index contributed by atoms with van der Waals surface area (Å²) in [6.45, 7) is 2.16. The standard InChI is InChI=1S/C8H16O2S2/c1-2-6-11-12-7-4-3-5-8(9)10/h2-7H2,1H3,(H,9,10). The van der Waals surface area contributed by atoms with Crippen molar-refractivity contribution < 1.29 is 9.90 Å². The van der Waals surface area contributed by atoms with Crippen LogP contribution in [0, 0.1) is 0 Å². The summed E-state index contributed by atoms with van der Waals surface area (Å²) in [7, 11) is 3.73. The van der Waals surface area contributed by atoms with E-state index in [4.69, 9.17) is 5.11 Å². The van der Waals surface area contributed by atoms with Crippen molar-refractivity contribution in [3.63, 3.8) is 0 Å². The zero-order valence-corrected chi connectivity index (χ0v) is 9.05. The van der Waals surface area contributed by atoms with Crippen molar-refractivity contribution in [3.05, 3.63) is 0 Å². The Hall–Kier alpha value is 0.170. The number of carboxylic acid groups (broad SMARTS) is 1. The minimum absolute atomic E-state index is 0.318. The molecule has 0 aromatic heterocycles. The molecule has 0 aromatic carbocycles. The molecule has 12 heavy (non-hydrogen) atoms. The Morgan fingerprint density at radius 2 is 1.92 bits per heavy atom. The zero-order chi connectivity index (χ0) is 9.23. The highest BCUT2D eigenvalue weighted by atomic mass is 33.1. The van der Waals surface area contributed by atoms with Gasteiger partial charge in [-0.1, -0.05) is 28.5 Å². The molecule has 0 unspecified atom stereocenters. The van der Waals surface area contributed by atoms with Crippen molar-refractivity contribution in [2.75, 3.05) is 11.5 Å². The smallest absolute Gasteiger partial charge is 0.303 e. The fourth-order valence-electron chi connectivity index (χ4n) is 0.638. The summed E-state index contributed by atoms with van der Waals surface area (Å²) < 4.78 is 0. The van der Waals surface area contributed by atoms with Crippen molar-refractivity contribution in [3.8, 4) is 0 Å². The molecule has 0 atom stereocenters. The van der Waals surface area contributed by atoms with E-state index in [2.05, 4.69) is 6.92 Å². The lowest BCUT2D eigenvalue weighted by Crippen LogP contribution is -1.93. The van der Waals surface area contributed by atoms with Gasteiger partial charge in [-0.15, -0.1) is 0 Å². The second-order valence-electron chi connectivity index (χ2n) is 2.49. The summed E-state index contributed by atoms with van der Waals surface area (Å²) in [6, 6.07) is 0. The molecule has 0 spiro atoms. The summed E-state index contributed by atoms with van der Waals surface area (Å²) in [5.41, 5.74) is 0. The molecule has 0 aliphatic carbocycles. The Balaban J connectivity index is 2.86. The molecule has 0 rings (SSSR count). The molecule has 4 heteroatoms. The predicted octanol–water partition coefficient (Wildman–Crippen LogP) is 3.03. The SMILES string of the molecule is CCCSSCCCCC(=O)O. The van der Waals surface area contributed by atoms with E-state index in [0.717, 1.165) is 18.6 Å². The Kier molecular flexibility index (Phi) is 9.39. The number of hydrogen-bond acceptors (Lipinski definition) is 3.